The maximum atomic E-state index is 6.30. The zero-order valence-electron chi connectivity index (χ0n) is 12.8. The molecule has 1 unspecified atom stereocenters. The highest BCUT2D eigenvalue weighted by Gasteiger charge is 2.18. The van der Waals surface area contributed by atoms with Crippen LogP contribution < -0.4 is 10.5 Å². The van der Waals surface area contributed by atoms with Crippen LogP contribution in [-0.4, -0.2) is 18.6 Å². The number of ether oxygens (including phenoxy) is 1. The third-order valence-corrected chi connectivity index (χ3v) is 4.87. The molecule has 0 spiro atoms. The van der Waals surface area contributed by atoms with Gasteiger partial charge in [0.2, 0.25) is 0 Å². The van der Waals surface area contributed by atoms with Gasteiger partial charge in [0, 0.05) is 33.1 Å². The number of hydrogen-bond donors (Lipinski definition) is 2. The van der Waals surface area contributed by atoms with Gasteiger partial charge in [-0.05, 0) is 54.4 Å². The Morgan fingerprint density at radius 1 is 1.17 bits per heavy atom. The first kappa shape index (κ1) is 16.2. The van der Waals surface area contributed by atoms with Gasteiger partial charge < -0.3 is 15.5 Å². The Balaban J connectivity index is 2.01. The van der Waals surface area contributed by atoms with Gasteiger partial charge in [-0.25, -0.2) is 0 Å². The zero-order valence-corrected chi connectivity index (χ0v) is 14.3. The maximum absolute atomic E-state index is 6.30. The first-order chi connectivity index (χ1) is 11.1. The number of halogens is 2. The fraction of sp³-hybridized carbons (Fsp3) is 0.222. The van der Waals surface area contributed by atoms with Gasteiger partial charge >= 0.3 is 0 Å². The largest absolute Gasteiger partial charge is 0.497 e. The molecule has 3 rings (SSSR count). The van der Waals surface area contributed by atoms with Crippen LogP contribution in [0.1, 0.15) is 17.0 Å². The number of aromatic amines is 1. The fourth-order valence-corrected chi connectivity index (χ4v) is 3.43. The quantitative estimate of drug-likeness (QED) is 0.697. The predicted molar refractivity (Wildman–Crippen MR) is 96.8 cm³/mol. The second-order valence-corrected chi connectivity index (χ2v) is 6.31. The van der Waals surface area contributed by atoms with Gasteiger partial charge in [0.05, 0.1) is 7.11 Å². The summed E-state index contributed by atoms with van der Waals surface area (Å²) < 4.78 is 5.33. The number of aromatic nitrogens is 1. The van der Waals surface area contributed by atoms with Crippen molar-refractivity contribution < 1.29 is 4.74 Å². The molecule has 3 N–H and O–H groups in total. The Bertz CT molecular complexity index is 809. The molecule has 3 aromatic rings. The molecule has 0 amide bonds. The Morgan fingerprint density at radius 3 is 2.57 bits per heavy atom. The smallest absolute Gasteiger partial charge is 0.119 e. The molecule has 0 aliphatic heterocycles. The molecule has 3 nitrogen and oxygen atoms in total. The SMILES string of the molecule is COc1ccc2[nH]cc(C(CN)Cc3c(Cl)cccc3Cl)c2c1. The molecule has 0 bridgehead atoms. The average molecular weight is 349 g/mol. The van der Waals surface area contributed by atoms with Crippen LogP contribution in [0.3, 0.4) is 0 Å². The van der Waals surface area contributed by atoms with Gasteiger partial charge in [0.25, 0.3) is 0 Å². The lowest BCUT2D eigenvalue weighted by Crippen LogP contribution is -2.15. The van der Waals surface area contributed by atoms with Crippen LogP contribution in [-0.2, 0) is 6.42 Å². The lowest BCUT2D eigenvalue weighted by Gasteiger charge is -2.16. The Morgan fingerprint density at radius 2 is 1.91 bits per heavy atom. The van der Waals surface area contributed by atoms with E-state index in [-0.39, 0.29) is 5.92 Å². The normalized spacial score (nSPS) is 12.5. The van der Waals surface area contributed by atoms with E-state index in [1.54, 1.807) is 7.11 Å². The number of methoxy groups -OCH3 is 1. The molecule has 1 heterocycles. The number of nitrogens with one attached hydrogen (secondary N) is 1. The summed E-state index contributed by atoms with van der Waals surface area (Å²) in [5.74, 6) is 0.943. The third kappa shape index (κ3) is 3.18. The summed E-state index contributed by atoms with van der Waals surface area (Å²) in [6.45, 7) is 0.506. The monoisotopic (exact) mass is 348 g/mol. The van der Waals surface area contributed by atoms with Crippen LogP contribution in [0.4, 0.5) is 0 Å². The number of H-pyrrole nitrogens is 1. The van der Waals surface area contributed by atoms with Gasteiger partial charge in [0.15, 0.2) is 0 Å². The Kier molecular flexibility index (Phi) is 4.81. The second kappa shape index (κ2) is 6.83. The van der Waals surface area contributed by atoms with Crippen LogP contribution in [0.25, 0.3) is 10.9 Å². The summed E-state index contributed by atoms with van der Waals surface area (Å²) in [4.78, 5) is 3.29. The summed E-state index contributed by atoms with van der Waals surface area (Å²) >= 11 is 12.6. The standard InChI is InChI=1S/C18H18Cl2N2O/c1-23-12-5-6-18-13(8-12)15(10-22-18)11(9-21)7-14-16(19)3-2-4-17(14)20/h2-6,8,10-11,22H,7,9,21H2,1H3. The van der Waals surface area contributed by atoms with Crippen molar-refractivity contribution in [1.82, 2.24) is 4.98 Å². The van der Waals surface area contributed by atoms with E-state index in [2.05, 4.69) is 4.98 Å². The van der Waals surface area contributed by atoms with Crippen molar-refractivity contribution in [2.24, 2.45) is 5.73 Å². The highest BCUT2D eigenvalue weighted by atomic mass is 35.5. The topological polar surface area (TPSA) is 51.0 Å². The van der Waals surface area contributed by atoms with Gasteiger partial charge in [-0.15, -0.1) is 0 Å². The minimum Gasteiger partial charge on any atom is -0.497 e. The van der Waals surface area contributed by atoms with Crippen LogP contribution in [0.5, 0.6) is 5.75 Å². The molecule has 23 heavy (non-hydrogen) atoms. The molecular formula is C18H18Cl2N2O. The van der Waals surface area contributed by atoms with Gasteiger partial charge in [-0.3, -0.25) is 0 Å². The zero-order chi connectivity index (χ0) is 16.4. The van der Waals surface area contributed by atoms with Crippen molar-refractivity contribution >= 4 is 34.1 Å². The van der Waals surface area contributed by atoms with Crippen LogP contribution >= 0.6 is 23.2 Å². The summed E-state index contributed by atoms with van der Waals surface area (Å²) in [7, 11) is 1.66. The lowest BCUT2D eigenvalue weighted by atomic mass is 9.91. The van der Waals surface area contributed by atoms with Gasteiger partial charge in [0.1, 0.15) is 5.75 Å². The van der Waals surface area contributed by atoms with Crippen molar-refractivity contribution in [3.05, 3.63) is 63.8 Å². The number of hydrogen-bond acceptors (Lipinski definition) is 2. The molecule has 0 fully saturated rings. The summed E-state index contributed by atoms with van der Waals surface area (Å²) in [6.07, 6.45) is 2.70. The first-order valence-corrected chi connectivity index (χ1v) is 8.17. The van der Waals surface area contributed by atoms with Gasteiger partial charge in [-0.1, -0.05) is 29.3 Å². The Labute approximate surface area is 145 Å². The highest BCUT2D eigenvalue weighted by molar-refractivity contribution is 6.36. The summed E-state index contributed by atoms with van der Waals surface area (Å²) in [5.41, 5.74) is 9.19. The summed E-state index contributed by atoms with van der Waals surface area (Å²) in [6, 6.07) is 11.5. The van der Waals surface area contributed by atoms with E-state index >= 15 is 0 Å². The number of nitrogens with two attached hydrogens (primary N) is 1. The average Bonchev–Trinajstić information content (AvgIpc) is 2.97. The molecule has 1 atom stereocenters. The van der Waals surface area contributed by atoms with E-state index in [0.29, 0.717) is 23.0 Å². The van der Waals surface area contributed by atoms with Crippen molar-refractivity contribution in [2.45, 2.75) is 12.3 Å². The predicted octanol–water partition coefficient (Wildman–Crippen LogP) is 4.77. The lowest BCUT2D eigenvalue weighted by molar-refractivity contribution is 0.415. The number of benzene rings is 2. The van der Waals surface area contributed by atoms with Crippen LogP contribution in [0, 0.1) is 0 Å². The van der Waals surface area contributed by atoms with Crippen molar-refractivity contribution in [1.29, 1.82) is 0 Å². The van der Waals surface area contributed by atoms with E-state index in [4.69, 9.17) is 33.7 Å². The van der Waals surface area contributed by atoms with Gasteiger partial charge in [-0.2, -0.15) is 0 Å². The minimum absolute atomic E-state index is 0.119. The molecule has 1 aromatic heterocycles. The van der Waals surface area contributed by atoms with Crippen molar-refractivity contribution in [2.75, 3.05) is 13.7 Å². The first-order valence-electron chi connectivity index (χ1n) is 7.42. The van der Waals surface area contributed by atoms with E-state index in [9.17, 15) is 0 Å². The second-order valence-electron chi connectivity index (χ2n) is 5.49. The molecule has 2 aromatic carbocycles. The molecule has 120 valence electrons. The van der Waals surface area contributed by atoms with Crippen molar-refractivity contribution in [3.63, 3.8) is 0 Å². The summed E-state index contributed by atoms with van der Waals surface area (Å²) in [5, 5.41) is 2.46. The van der Waals surface area contributed by atoms with Crippen LogP contribution in [0.15, 0.2) is 42.6 Å². The minimum atomic E-state index is 0.119. The highest BCUT2D eigenvalue weighted by Crippen LogP contribution is 2.34. The molecule has 0 aliphatic carbocycles. The van der Waals surface area contributed by atoms with E-state index < -0.39 is 0 Å². The molecular weight excluding hydrogens is 331 g/mol. The van der Waals surface area contributed by atoms with E-state index in [1.807, 2.05) is 42.6 Å². The van der Waals surface area contributed by atoms with Crippen LogP contribution in [0.2, 0.25) is 10.0 Å². The molecule has 0 radical (unpaired) electrons. The Hall–Kier alpha value is -1.68. The van der Waals surface area contributed by atoms with Crippen molar-refractivity contribution in [3.8, 4) is 5.75 Å². The molecule has 0 saturated carbocycles. The number of rotatable bonds is 5. The molecule has 0 saturated heterocycles. The third-order valence-electron chi connectivity index (χ3n) is 4.16. The fourth-order valence-electron chi connectivity index (χ4n) is 2.88. The van der Waals surface area contributed by atoms with E-state index in [1.165, 1.54) is 0 Å². The maximum Gasteiger partial charge on any atom is 0.119 e. The number of fused-ring (bicyclic) bond motifs is 1. The molecule has 5 heteroatoms. The molecule has 0 aliphatic rings. The van der Waals surface area contributed by atoms with E-state index in [0.717, 1.165) is 27.8 Å².